The van der Waals surface area contributed by atoms with Crippen molar-refractivity contribution in [3.8, 4) is 0 Å². The second-order valence-corrected chi connectivity index (χ2v) is 4.54. The lowest BCUT2D eigenvalue weighted by Gasteiger charge is -2.22. The topological polar surface area (TPSA) is 26.0 Å². The fourth-order valence-corrected chi connectivity index (χ4v) is 1.52. The molecule has 0 aliphatic rings. The van der Waals surface area contributed by atoms with Crippen molar-refractivity contribution in [2.75, 3.05) is 6.54 Å². The number of halogens is 2. The molecule has 0 aromatic heterocycles. The van der Waals surface area contributed by atoms with Crippen LogP contribution in [0, 0.1) is 5.92 Å². The highest BCUT2D eigenvalue weighted by Gasteiger charge is 2.35. The maximum Gasteiger partial charge on any atom is 0.275 e. The average Bonchev–Trinajstić information content (AvgIpc) is 2.28. The first-order valence-electron chi connectivity index (χ1n) is 5.58. The third-order valence-corrected chi connectivity index (χ3v) is 2.92. The normalized spacial score (nSPS) is 14.2. The second-order valence-electron chi connectivity index (χ2n) is 4.54. The second kappa shape index (κ2) is 4.91. The van der Waals surface area contributed by atoms with Crippen molar-refractivity contribution < 1.29 is 8.78 Å². The molecule has 1 aromatic carbocycles. The Morgan fingerprint density at radius 3 is 2.38 bits per heavy atom. The summed E-state index contributed by atoms with van der Waals surface area (Å²) in [6, 6.07) is 6.56. The largest absolute Gasteiger partial charge is 0.330 e. The van der Waals surface area contributed by atoms with Gasteiger partial charge in [-0.2, -0.15) is 0 Å². The summed E-state index contributed by atoms with van der Waals surface area (Å²) >= 11 is 0. The zero-order valence-corrected chi connectivity index (χ0v) is 10.0. The summed E-state index contributed by atoms with van der Waals surface area (Å²) in [4.78, 5) is 0. The molecule has 1 rings (SSSR count). The van der Waals surface area contributed by atoms with Crippen LogP contribution in [0.2, 0.25) is 0 Å². The molecule has 0 amide bonds. The van der Waals surface area contributed by atoms with E-state index >= 15 is 0 Å². The fraction of sp³-hybridized carbons (Fsp3) is 0.538. The Hall–Kier alpha value is -0.960. The third kappa shape index (κ3) is 2.59. The summed E-state index contributed by atoms with van der Waals surface area (Å²) in [5, 5.41) is 0. The van der Waals surface area contributed by atoms with Crippen LogP contribution in [-0.2, 0) is 5.92 Å². The summed E-state index contributed by atoms with van der Waals surface area (Å²) in [6.07, 6.45) is 0. The van der Waals surface area contributed by atoms with E-state index in [2.05, 4.69) is 0 Å². The summed E-state index contributed by atoms with van der Waals surface area (Å²) in [5.74, 6) is -3.36. The first-order chi connectivity index (χ1) is 7.39. The molecular weight excluding hydrogens is 208 g/mol. The Morgan fingerprint density at radius 1 is 1.25 bits per heavy atom. The van der Waals surface area contributed by atoms with E-state index in [0.717, 1.165) is 5.56 Å². The van der Waals surface area contributed by atoms with Crippen molar-refractivity contribution in [1.82, 2.24) is 0 Å². The molecule has 0 aliphatic heterocycles. The quantitative estimate of drug-likeness (QED) is 0.837. The molecule has 0 saturated heterocycles. The van der Waals surface area contributed by atoms with Crippen molar-refractivity contribution in [2.45, 2.75) is 32.6 Å². The predicted molar refractivity (Wildman–Crippen MR) is 62.6 cm³/mol. The number of alkyl halides is 2. The number of hydrogen-bond acceptors (Lipinski definition) is 1. The zero-order valence-electron chi connectivity index (χ0n) is 10.0. The van der Waals surface area contributed by atoms with E-state index < -0.39 is 11.8 Å². The SMILES string of the molecule is CC(CN)c1cccc(C(F)(F)C(C)C)c1. The molecule has 3 heteroatoms. The molecule has 1 atom stereocenters. The van der Waals surface area contributed by atoms with Crippen LogP contribution in [0.5, 0.6) is 0 Å². The molecule has 0 aliphatic carbocycles. The minimum Gasteiger partial charge on any atom is -0.330 e. The van der Waals surface area contributed by atoms with Gasteiger partial charge in [-0.05, 0) is 24.1 Å². The summed E-state index contributed by atoms with van der Waals surface area (Å²) in [7, 11) is 0. The molecule has 0 fully saturated rings. The van der Waals surface area contributed by atoms with Gasteiger partial charge in [0.1, 0.15) is 0 Å². The first-order valence-corrected chi connectivity index (χ1v) is 5.58. The highest BCUT2D eigenvalue weighted by atomic mass is 19.3. The van der Waals surface area contributed by atoms with Crippen molar-refractivity contribution >= 4 is 0 Å². The zero-order chi connectivity index (χ0) is 12.3. The van der Waals surface area contributed by atoms with Gasteiger partial charge in [-0.3, -0.25) is 0 Å². The van der Waals surface area contributed by atoms with Gasteiger partial charge in [0.25, 0.3) is 5.92 Å². The van der Waals surface area contributed by atoms with E-state index in [1.807, 2.05) is 13.0 Å². The van der Waals surface area contributed by atoms with Crippen LogP contribution in [0.25, 0.3) is 0 Å². The van der Waals surface area contributed by atoms with Gasteiger partial charge < -0.3 is 5.73 Å². The Kier molecular flexibility index (Phi) is 4.03. The molecule has 1 nitrogen and oxygen atoms in total. The van der Waals surface area contributed by atoms with Gasteiger partial charge in [0.15, 0.2) is 0 Å². The van der Waals surface area contributed by atoms with E-state index in [1.54, 1.807) is 12.1 Å². The Bertz CT molecular complexity index is 348. The number of rotatable bonds is 4. The van der Waals surface area contributed by atoms with Gasteiger partial charge >= 0.3 is 0 Å². The Morgan fingerprint density at radius 2 is 1.88 bits per heavy atom. The maximum atomic E-state index is 13.8. The molecule has 2 N–H and O–H groups in total. The van der Waals surface area contributed by atoms with Crippen LogP contribution in [0.1, 0.15) is 37.8 Å². The molecule has 1 aromatic rings. The van der Waals surface area contributed by atoms with Crippen LogP contribution >= 0.6 is 0 Å². The average molecular weight is 227 g/mol. The number of benzene rings is 1. The van der Waals surface area contributed by atoms with Crippen molar-refractivity contribution in [2.24, 2.45) is 11.7 Å². The molecule has 0 bridgehead atoms. The van der Waals surface area contributed by atoms with E-state index in [9.17, 15) is 8.78 Å². The van der Waals surface area contributed by atoms with Crippen molar-refractivity contribution in [3.05, 3.63) is 35.4 Å². The number of hydrogen-bond donors (Lipinski definition) is 1. The van der Waals surface area contributed by atoms with Gasteiger partial charge in [-0.1, -0.05) is 39.0 Å². The molecule has 16 heavy (non-hydrogen) atoms. The Labute approximate surface area is 95.7 Å². The van der Waals surface area contributed by atoms with Gasteiger partial charge in [0.2, 0.25) is 0 Å². The molecule has 0 radical (unpaired) electrons. The van der Waals surface area contributed by atoms with Crippen LogP contribution in [-0.4, -0.2) is 6.54 Å². The predicted octanol–water partition coefficient (Wildman–Crippen LogP) is 3.50. The summed E-state index contributed by atoms with van der Waals surface area (Å²) in [6.45, 7) is 5.46. The Balaban J connectivity index is 3.07. The summed E-state index contributed by atoms with van der Waals surface area (Å²) in [5.41, 5.74) is 6.49. The van der Waals surface area contributed by atoms with Gasteiger partial charge in [0.05, 0.1) is 0 Å². The highest BCUT2D eigenvalue weighted by molar-refractivity contribution is 5.29. The lowest BCUT2D eigenvalue weighted by Crippen LogP contribution is -2.21. The molecular formula is C13H19F2N. The summed E-state index contributed by atoms with van der Waals surface area (Å²) < 4.78 is 27.6. The minimum absolute atomic E-state index is 0.0836. The molecule has 0 saturated carbocycles. The van der Waals surface area contributed by atoms with E-state index in [0.29, 0.717) is 6.54 Å². The van der Waals surface area contributed by atoms with Crippen LogP contribution in [0.3, 0.4) is 0 Å². The van der Waals surface area contributed by atoms with Crippen LogP contribution in [0.15, 0.2) is 24.3 Å². The number of nitrogens with two attached hydrogens (primary N) is 1. The van der Waals surface area contributed by atoms with Crippen molar-refractivity contribution in [3.63, 3.8) is 0 Å². The van der Waals surface area contributed by atoms with Gasteiger partial charge in [0, 0.05) is 11.5 Å². The molecule has 90 valence electrons. The smallest absolute Gasteiger partial charge is 0.275 e. The lowest BCUT2D eigenvalue weighted by atomic mass is 9.93. The lowest BCUT2D eigenvalue weighted by molar-refractivity contribution is -0.0514. The molecule has 0 heterocycles. The molecule has 1 unspecified atom stereocenters. The van der Waals surface area contributed by atoms with Gasteiger partial charge in [-0.15, -0.1) is 0 Å². The highest BCUT2D eigenvalue weighted by Crippen LogP contribution is 2.36. The van der Waals surface area contributed by atoms with E-state index in [4.69, 9.17) is 5.73 Å². The molecule has 0 spiro atoms. The standard InChI is InChI=1S/C13H19F2N/c1-9(2)13(14,15)12-6-4-5-11(7-12)10(3)8-16/h4-7,9-10H,8,16H2,1-3H3. The fourth-order valence-electron chi connectivity index (χ4n) is 1.52. The van der Waals surface area contributed by atoms with Gasteiger partial charge in [-0.25, -0.2) is 8.78 Å². The minimum atomic E-state index is -2.77. The van der Waals surface area contributed by atoms with Crippen molar-refractivity contribution in [1.29, 1.82) is 0 Å². The van der Waals surface area contributed by atoms with Crippen LogP contribution in [0.4, 0.5) is 8.78 Å². The maximum absolute atomic E-state index is 13.8. The first kappa shape index (κ1) is 13.1. The van der Waals surface area contributed by atoms with E-state index in [1.165, 1.54) is 19.9 Å². The monoisotopic (exact) mass is 227 g/mol. The van der Waals surface area contributed by atoms with Crippen LogP contribution < -0.4 is 5.73 Å². The van der Waals surface area contributed by atoms with E-state index in [-0.39, 0.29) is 11.5 Å². The third-order valence-electron chi connectivity index (χ3n) is 2.92.